The SMILES string of the molecule is Cc1cc(NC(=O)Cc2cccc3ccc(-c4cccnc4)nc23)sn1. The van der Waals surface area contributed by atoms with E-state index in [0.717, 1.165) is 38.4 Å². The van der Waals surface area contributed by atoms with Crippen molar-refractivity contribution >= 4 is 33.3 Å². The molecule has 0 atom stereocenters. The zero-order valence-electron chi connectivity index (χ0n) is 14.1. The molecular weight excluding hydrogens is 344 g/mol. The Balaban J connectivity index is 1.65. The van der Waals surface area contributed by atoms with Gasteiger partial charge in [0.1, 0.15) is 5.00 Å². The summed E-state index contributed by atoms with van der Waals surface area (Å²) in [4.78, 5) is 21.4. The molecule has 0 saturated carbocycles. The van der Waals surface area contributed by atoms with Crippen LogP contribution in [-0.2, 0) is 11.2 Å². The van der Waals surface area contributed by atoms with Crippen LogP contribution in [0.25, 0.3) is 22.2 Å². The van der Waals surface area contributed by atoms with Crippen LogP contribution in [0.5, 0.6) is 0 Å². The second kappa shape index (κ2) is 7.01. The molecule has 26 heavy (non-hydrogen) atoms. The standard InChI is InChI=1S/C20H16N4OS/c1-13-10-19(26-24-13)23-18(25)11-15-5-2-4-14-7-8-17(22-20(14)15)16-6-3-9-21-12-16/h2-10,12H,11H2,1H3,(H,23,25). The zero-order chi connectivity index (χ0) is 17.9. The highest BCUT2D eigenvalue weighted by molar-refractivity contribution is 7.10. The molecule has 0 radical (unpaired) electrons. The van der Waals surface area contributed by atoms with Gasteiger partial charge in [0.15, 0.2) is 0 Å². The Kier molecular flexibility index (Phi) is 4.41. The number of nitrogens with one attached hydrogen (secondary N) is 1. The number of aryl methyl sites for hydroxylation is 1. The average Bonchev–Trinajstić information content (AvgIpc) is 3.07. The van der Waals surface area contributed by atoms with Crippen LogP contribution in [0.4, 0.5) is 5.00 Å². The van der Waals surface area contributed by atoms with Crippen LogP contribution in [-0.4, -0.2) is 20.2 Å². The van der Waals surface area contributed by atoms with Crippen LogP contribution in [0, 0.1) is 6.92 Å². The maximum Gasteiger partial charge on any atom is 0.229 e. The summed E-state index contributed by atoms with van der Waals surface area (Å²) in [6.07, 6.45) is 3.79. The first-order chi connectivity index (χ1) is 12.7. The maximum atomic E-state index is 12.4. The number of para-hydroxylation sites is 1. The molecule has 3 aromatic heterocycles. The fourth-order valence-electron chi connectivity index (χ4n) is 2.80. The number of aromatic nitrogens is 3. The molecule has 0 saturated heterocycles. The lowest BCUT2D eigenvalue weighted by Crippen LogP contribution is -2.14. The molecule has 4 aromatic rings. The minimum Gasteiger partial charge on any atom is -0.316 e. The molecule has 1 N–H and O–H groups in total. The van der Waals surface area contributed by atoms with Crippen LogP contribution in [0.1, 0.15) is 11.3 Å². The van der Waals surface area contributed by atoms with Crippen LogP contribution in [0.3, 0.4) is 0 Å². The fraction of sp³-hybridized carbons (Fsp3) is 0.100. The largest absolute Gasteiger partial charge is 0.316 e. The first kappa shape index (κ1) is 16.4. The number of carbonyl (C=O) groups excluding carboxylic acids is 1. The van der Waals surface area contributed by atoms with Gasteiger partial charge in [-0.25, -0.2) is 4.98 Å². The monoisotopic (exact) mass is 360 g/mol. The van der Waals surface area contributed by atoms with Crippen LogP contribution >= 0.6 is 11.5 Å². The van der Waals surface area contributed by atoms with Crippen molar-refractivity contribution in [1.29, 1.82) is 0 Å². The zero-order valence-corrected chi connectivity index (χ0v) is 15.0. The number of fused-ring (bicyclic) bond motifs is 1. The summed E-state index contributed by atoms with van der Waals surface area (Å²) in [5, 5.41) is 4.67. The van der Waals surface area contributed by atoms with Crippen molar-refractivity contribution in [2.24, 2.45) is 0 Å². The molecule has 0 aliphatic rings. The summed E-state index contributed by atoms with van der Waals surface area (Å²) in [5.74, 6) is -0.0743. The van der Waals surface area contributed by atoms with Crippen molar-refractivity contribution in [3.05, 3.63) is 72.2 Å². The van der Waals surface area contributed by atoms with Crippen molar-refractivity contribution in [1.82, 2.24) is 14.3 Å². The van der Waals surface area contributed by atoms with Gasteiger partial charge >= 0.3 is 0 Å². The number of hydrogen-bond acceptors (Lipinski definition) is 5. The van der Waals surface area contributed by atoms with E-state index in [1.807, 2.05) is 55.5 Å². The third-order valence-electron chi connectivity index (χ3n) is 4.00. The first-order valence-corrected chi connectivity index (χ1v) is 8.98. The number of nitrogens with zero attached hydrogens (tertiary/aromatic N) is 3. The quantitative estimate of drug-likeness (QED) is 0.591. The molecule has 0 aliphatic carbocycles. The predicted octanol–water partition coefficient (Wildman–Crippen LogP) is 4.24. The summed E-state index contributed by atoms with van der Waals surface area (Å²) in [5.41, 5.74) is 4.43. The normalized spacial score (nSPS) is 10.8. The highest BCUT2D eigenvalue weighted by Crippen LogP contribution is 2.23. The van der Waals surface area contributed by atoms with Crippen LogP contribution in [0.15, 0.2) is 60.9 Å². The number of hydrogen-bond donors (Lipinski definition) is 1. The number of carbonyl (C=O) groups is 1. The Morgan fingerprint density at radius 3 is 2.85 bits per heavy atom. The van der Waals surface area contributed by atoms with Gasteiger partial charge in [-0.15, -0.1) is 0 Å². The van der Waals surface area contributed by atoms with Crippen LogP contribution in [0.2, 0.25) is 0 Å². The number of benzene rings is 1. The molecule has 1 aromatic carbocycles. The van der Waals surface area contributed by atoms with Gasteiger partial charge in [-0.05, 0) is 48.3 Å². The van der Waals surface area contributed by atoms with E-state index in [2.05, 4.69) is 14.7 Å². The molecule has 5 nitrogen and oxygen atoms in total. The van der Waals surface area contributed by atoms with Crippen molar-refractivity contribution in [2.75, 3.05) is 5.32 Å². The highest BCUT2D eigenvalue weighted by Gasteiger charge is 2.11. The number of pyridine rings is 2. The second-order valence-electron chi connectivity index (χ2n) is 5.98. The number of rotatable bonds is 4. The Bertz CT molecular complexity index is 1080. The Morgan fingerprint density at radius 1 is 1.15 bits per heavy atom. The van der Waals surface area contributed by atoms with Crippen molar-refractivity contribution in [2.45, 2.75) is 13.3 Å². The number of amides is 1. The smallest absolute Gasteiger partial charge is 0.229 e. The summed E-state index contributed by atoms with van der Waals surface area (Å²) in [6, 6.07) is 15.6. The maximum absolute atomic E-state index is 12.4. The van der Waals surface area contributed by atoms with E-state index in [-0.39, 0.29) is 12.3 Å². The third-order valence-corrected chi connectivity index (χ3v) is 4.80. The van der Waals surface area contributed by atoms with E-state index < -0.39 is 0 Å². The molecule has 6 heteroatoms. The summed E-state index contributed by atoms with van der Waals surface area (Å²) < 4.78 is 4.18. The lowest BCUT2D eigenvalue weighted by molar-refractivity contribution is -0.115. The van der Waals surface area contributed by atoms with Gasteiger partial charge in [0, 0.05) is 23.3 Å². The van der Waals surface area contributed by atoms with Gasteiger partial charge in [0.05, 0.1) is 23.3 Å². The molecular formula is C20H16N4OS. The van der Waals surface area contributed by atoms with Crippen molar-refractivity contribution < 1.29 is 4.79 Å². The lowest BCUT2D eigenvalue weighted by Gasteiger charge is -2.08. The molecule has 0 aliphatic heterocycles. The molecule has 0 fully saturated rings. The minimum atomic E-state index is -0.0743. The number of anilines is 1. The Morgan fingerprint density at radius 2 is 2.08 bits per heavy atom. The summed E-state index contributed by atoms with van der Waals surface area (Å²) in [7, 11) is 0. The van der Waals surface area contributed by atoms with E-state index in [9.17, 15) is 4.79 Å². The molecule has 3 heterocycles. The van der Waals surface area contributed by atoms with Gasteiger partial charge in [-0.3, -0.25) is 9.78 Å². The highest BCUT2D eigenvalue weighted by atomic mass is 32.1. The molecule has 1 amide bonds. The summed E-state index contributed by atoms with van der Waals surface area (Å²) in [6.45, 7) is 1.90. The summed E-state index contributed by atoms with van der Waals surface area (Å²) >= 11 is 1.29. The van der Waals surface area contributed by atoms with E-state index in [1.165, 1.54) is 11.5 Å². The Labute approximate surface area is 154 Å². The topological polar surface area (TPSA) is 67.8 Å². The molecule has 0 spiro atoms. The van der Waals surface area contributed by atoms with Crippen molar-refractivity contribution in [3.63, 3.8) is 0 Å². The molecule has 128 valence electrons. The van der Waals surface area contributed by atoms with Gasteiger partial charge in [0.2, 0.25) is 5.91 Å². The minimum absolute atomic E-state index is 0.0743. The molecule has 4 rings (SSSR count). The third kappa shape index (κ3) is 3.45. The average molecular weight is 360 g/mol. The van der Waals surface area contributed by atoms with E-state index in [0.29, 0.717) is 0 Å². The van der Waals surface area contributed by atoms with E-state index >= 15 is 0 Å². The Hall–Kier alpha value is -3.12. The van der Waals surface area contributed by atoms with E-state index in [1.54, 1.807) is 12.4 Å². The molecule has 0 unspecified atom stereocenters. The molecule has 0 bridgehead atoms. The first-order valence-electron chi connectivity index (χ1n) is 8.21. The second-order valence-corrected chi connectivity index (χ2v) is 6.79. The van der Waals surface area contributed by atoms with E-state index in [4.69, 9.17) is 4.98 Å². The van der Waals surface area contributed by atoms with Crippen LogP contribution < -0.4 is 5.32 Å². The van der Waals surface area contributed by atoms with Crippen molar-refractivity contribution in [3.8, 4) is 11.3 Å². The van der Waals surface area contributed by atoms with Gasteiger partial charge in [-0.2, -0.15) is 4.37 Å². The fourth-order valence-corrected chi connectivity index (χ4v) is 3.48. The van der Waals surface area contributed by atoms with Gasteiger partial charge < -0.3 is 5.32 Å². The lowest BCUT2D eigenvalue weighted by atomic mass is 10.0. The van der Waals surface area contributed by atoms with Gasteiger partial charge in [-0.1, -0.05) is 24.3 Å². The van der Waals surface area contributed by atoms with Gasteiger partial charge in [0.25, 0.3) is 0 Å². The predicted molar refractivity (Wildman–Crippen MR) is 104 cm³/mol.